The Hall–Kier alpha value is -2.53. The van der Waals surface area contributed by atoms with E-state index in [2.05, 4.69) is 11.0 Å². The monoisotopic (exact) mass is 482 g/mol. The lowest BCUT2D eigenvalue weighted by atomic mass is 9.60. The van der Waals surface area contributed by atoms with E-state index in [1.807, 2.05) is 44.3 Å². The maximum atomic E-state index is 13.6. The third kappa shape index (κ3) is 5.57. The van der Waals surface area contributed by atoms with Crippen LogP contribution in [0.25, 0.3) is 0 Å². The van der Waals surface area contributed by atoms with Gasteiger partial charge in [0.1, 0.15) is 0 Å². The summed E-state index contributed by atoms with van der Waals surface area (Å²) in [6.45, 7) is 2.66. The predicted octanol–water partition coefficient (Wildman–Crippen LogP) is 7.59. The minimum absolute atomic E-state index is 0.0181. The summed E-state index contributed by atoms with van der Waals surface area (Å²) < 4.78 is 80.6. The van der Waals surface area contributed by atoms with Crippen molar-refractivity contribution in [2.75, 3.05) is 7.05 Å². The van der Waals surface area contributed by atoms with Gasteiger partial charge in [0.2, 0.25) is 0 Å². The molecule has 1 saturated carbocycles. The van der Waals surface area contributed by atoms with Crippen LogP contribution < -0.4 is 0 Å². The normalized spacial score (nSPS) is 17.6. The number of benzene rings is 2. The molecule has 0 aromatic heterocycles. The molecular weight excluding hydrogens is 454 g/mol. The highest BCUT2D eigenvalue weighted by atomic mass is 19.4. The van der Waals surface area contributed by atoms with E-state index in [9.17, 15) is 31.6 Å². The summed E-state index contributed by atoms with van der Waals surface area (Å²) in [4.78, 5) is 2.10. The number of alkyl halides is 6. The summed E-state index contributed by atoms with van der Waals surface area (Å²) in [6.07, 6.45) is -7.32. The summed E-state index contributed by atoms with van der Waals surface area (Å²) in [7, 11) is 1.94. The van der Waals surface area contributed by atoms with Crippen molar-refractivity contribution >= 4 is 0 Å². The molecule has 0 bridgehead atoms. The van der Waals surface area contributed by atoms with Crippen molar-refractivity contribution in [1.82, 2.24) is 4.90 Å². The van der Waals surface area contributed by atoms with Crippen molar-refractivity contribution in [2.45, 2.75) is 69.4 Å². The molecule has 2 aromatic rings. The molecule has 2 aromatic carbocycles. The molecule has 1 aliphatic rings. The molecule has 0 amide bonds. The molecule has 0 spiro atoms. The second kappa shape index (κ2) is 9.99. The zero-order valence-electron chi connectivity index (χ0n) is 19.2. The van der Waals surface area contributed by atoms with Crippen molar-refractivity contribution in [2.24, 2.45) is 5.92 Å². The third-order valence-corrected chi connectivity index (χ3v) is 7.13. The average Bonchev–Trinajstić information content (AvgIpc) is 2.74. The maximum Gasteiger partial charge on any atom is 0.417 e. The minimum Gasteiger partial charge on any atom is -0.299 e. The number of halogens is 6. The van der Waals surface area contributed by atoms with Gasteiger partial charge >= 0.3 is 12.4 Å². The zero-order valence-corrected chi connectivity index (χ0v) is 19.2. The van der Waals surface area contributed by atoms with Gasteiger partial charge in [-0.25, -0.2) is 0 Å². The summed E-state index contributed by atoms with van der Waals surface area (Å²) in [6, 6.07) is 14.2. The van der Waals surface area contributed by atoms with Gasteiger partial charge in [0.15, 0.2) is 0 Å². The van der Waals surface area contributed by atoms with Gasteiger partial charge in [0, 0.05) is 12.6 Å². The van der Waals surface area contributed by atoms with Crippen LogP contribution >= 0.6 is 0 Å². The number of nitriles is 1. The Morgan fingerprint density at radius 3 is 2.09 bits per heavy atom. The Morgan fingerprint density at radius 1 is 0.971 bits per heavy atom. The fourth-order valence-electron chi connectivity index (χ4n) is 4.68. The van der Waals surface area contributed by atoms with E-state index in [1.54, 1.807) is 0 Å². The smallest absolute Gasteiger partial charge is 0.299 e. The third-order valence-electron chi connectivity index (χ3n) is 7.13. The van der Waals surface area contributed by atoms with Crippen LogP contribution in [0.3, 0.4) is 0 Å². The Balaban J connectivity index is 1.90. The van der Waals surface area contributed by atoms with Gasteiger partial charge in [0.25, 0.3) is 0 Å². The number of hydrogen-bond donors (Lipinski definition) is 0. The van der Waals surface area contributed by atoms with Gasteiger partial charge in [0.05, 0.1) is 22.6 Å². The highest BCUT2D eigenvalue weighted by Gasteiger charge is 2.47. The average molecular weight is 483 g/mol. The van der Waals surface area contributed by atoms with Crippen LogP contribution in [0.15, 0.2) is 48.5 Å². The van der Waals surface area contributed by atoms with E-state index in [1.165, 1.54) is 0 Å². The summed E-state index contributed by atoms with van der Waals surface area (Å²) >= 11 is 0. The van der Waals surface area contributed by atoms with E-state index in [0.29, 0.717) is 37.9 Å². The topological polar surface area (TPSA) is 27.0 Å². The van der Waals surface area contributed by atoms with E-state index >= 15 is 0 Å². The molecule has 8 heteroatoms. The molecule has 184 valence electrons. The van der Waals surface area contributed by atoms with Crippen molar-refractivity contribution in [1.29, 1.82) is 5.26 Å². The van der Waals surface area contributed by atoms with E-state index in [0.717, 1.165) is 18.1 Å². The zero-order chi connectivity index (χ0) is 25.1. The lowest BCUT2D eigenvalue weighted by Crippen LogP contribution is -2.40. The van der Waals surface area contributed by atoms with Crippen molar-refractivity contribution in [3.8, 4) is 6.07 Å². The van der Waals surface area contributed by atoms with Gasteiger partial charge < -0.3 is 0 Å². The Bertz CT molecular complexity index is 1000. The predicted molar refractivity (Wildman–Crippen MR) is 118 cm³/mol. The summed E-state index contributed by atoms with van der Waals surface area (Å²) in [5.74, 6) is -0.179. The summed E-state index contributed by atoms with van der Waals surface area (Å²) in [5, 5.41) is 10.2. The maximum absolute atomic E-state index is 13.6. The lowest BCUT2D eigenvalue weighted by molar-refractivity contribution is -0.162. The van der Waals surface area contributed by atoms with Gasteiger partial charge in [-0.05, 0) is 68.8 Å². The minimum atomic E-state index is -5.18. The summed E-state index contributed by atoms with van der Waals surface area (Å²) in [5.41, 5.74) is -3.58. The van der Waals surface area contributed by atoms with Crippen LogP contribution in [0.5, 0.6) is 0 Å². The van der Waals surface area contributed by atoms with Crippen LogP contribution in [-0.4, -0.2) is 18.0 Å². The van der Waals surface area contributed by atoms with Crippen LogP contribution in [0, 0.1) is 17.2 Å². The molecule has 1 fully saturated rings. The molecule has 2 unspecified atom stereocenters. The number of rotatable bonds is 8. The highest BCUT2D eigenvalue weighted by molar-refractivity contribution is 5.43. The molecule has 3 rings (SSSR count). The number of nitrogens with zero attached hydrogens (tertiary/aromatic N) is 2. The van der Waals surface area contributed by atoms with E-state index in [4.69, 9.17) is 0 Å². The van der Waals surface area contributed by atoms with Gasteiger partial charge in [-0.15, -0.1) is 0 Å². The van der Waals surface area contributed by atoms with E-state index in [-0.39, 0.29) is 23.9 Å². The van der Waals surface area contributed by atoms with Crippen molar-refractivity contribution in [3.05, 3.63) is 70.8 Å². The Kier molecular flexibility index (Phi) is 7.66. The Labute approximate surface area is 196 Å². The molecule has 0 radical (unpaired) electrons. The van der Waals surface area contributed by atoms with Crippen molar-refractivity contribution in [3.63, 3.8) is 0 Å². The first-order valence-corrected chi connectivity index (χ1v) is 11.3. The molecular formula is C26H28F6N2. The van der Waals surface area contributed by atoms with Crippen molar-refractivity contribution < 1.29 is 26.3 Å². The van der Waals surface area contributed by atoms with Crippen LogP contribution in [0.1, 0.15) is 61.3 Å². The lowest BCUT2D eigenvalue weighted by Gasteiger charge is -2.42. The molecule has 0 heterocycles. The molecule has 0 aliphatic heterocycles. The van der Waals surface area contributed by atoms with Crippen LogP contribution in [0.4, 0.5) is 26.3 Å². The second-order valence-electron chi connectivity index (χ2n) is 9.26. The first kappa shape index (κ1) is 26.1. The molecule has 1 aliphatic carbocycles. The number of hydrogen-bond acceptors (Lipinski definition) is 2. The molecule has 2 nitrogen and oxygen atoms in total. The van der Waals surface area contributed by atoms with Crippen LogP contribution in [0.2, 0.25) is 0 Å². The first-order valence-electron chi connectivity index (χ1n) is 11.3. The van der Waals surface area contributed by atoms with Gasteiger partial charge in [-0.1, -0.05) is 42.8 Å². The highest BCUT2D eigenvalue weighted by Crippen LogP contribution is 2.49. The van der Waals surface area contributed by atoms with Crippen LogP contribution in [-0.2, 0) is 24.3 Å². The molecule has 0 saturated heterocycles. The fourth-order valence-corrected chi connectivity index (χ4v) is 4.68. The molecule has 34 heavy (non-hydrogen) atoms. The van der Waals surface area contributed by atoms with Gasteiger partial charge in [-0.2, -0.15) is 31.6 Å². The molecule has 0 N–H and O–H groups in total. The first-order chi connectivity index (χ1) is 15.9. The largest absolute Gasteiger partial charge is 0.417 e. The second-order valence-corrected chi connectivity index (χ2v) is 9.26. The standard InChI is InChI=1S/C26H28F6N2/c1-18(34(2)16-19-7-4-3-5-8-19)13-14-24(17-33,20-9-6-10-20)21-11-12-22(25(27,28)29)23(15-21)26(30,31)32/h3-5,7-8,11-12,15,18,20H,6,9-10,13-14,16H2,1-2H3. The van der Waals surface area contributed by atoms with E-state index < -0.39 is 28.9 Å². The quantitative estimate of drug-likeness (QED) is 0.363. The Morgan fingerprint density at radius 2 is 1.59 bits per heavy atom. The fraction of sp³-hybridized carbons (Fsp3) is 0.500. The van der Waals surface area contributed by atoms with Gasteiger partial charge in [-0.3, -0.25) is 4.90 Å². The molecule has 2 atom stereocenters. The SMILES string of the molecule is CC(CCC(C#N)(c1ccc(C(F)(F)F)c(C(F)(F)F)c1)C1CCC1)N(C)Cc1ccccc1.